The number of aryl methyl sites for hydroxylation is 1. The van der Waals surface area contributed by atoms with Crippen LogP contribution >= 0.6 is 0 Å². The van der Waals surface area contributed by atoms with Gasteiger partial charge in [-0.1, -0.05) is 30.3 Å². The van der Waals surface area contributed by atoms with Gasteiger partial charge in [-0.05, 0) is 37.3 Å². The van der Waals surface area contributed by atoms with Crippen molar-refractivity contribution in [1.29, 1.82) is 0 Å². The monoisotopic (exact) mass is 404 g/mol. The summed E-state index contributed by atoms with van der Waals surface area (Å²) in [6.45, 7) is 4.51. The fourth-order valence-electron chi connectivity index (χ4n) is 4.06. The number of benzene rings is 1. The van der Waals surface area contributed by atoms with Gasteiger partial charge in [-0.25, -0.2) is 9.97 Å². The van der Waals surface area contributed by atoms with Crippen molar-refractivity contribution in [1.82, 2.24) is 19.4 Å². The van der Waals surface area contributed by atoms with Crippen molar-refractivity contribution in [3.63, 3.8) is 0 Å². The molecule has 0 aliphatic carbocycles. The Morgan fingerprint density at radius 1 is 1.07 bits per heavy atom. The highest BCUT2D eigenvalue weighted by atomic mass is 16.5. The van der Waals surface area contributed by atoms with Crippen LogP contribution in [0.2, 0.25) is 0 Å². The van der Waals surface area contributed by atoms with E-state index in [1.54, 1.807) is 25.4 Å². The first-order valence-electron chi connectivity index (χ1n) is 10.5. The summed E-state index contributed by atoms with van der Waals surface area (Å²) in [7, 11) is 1.57. The van der Waals surface area contributed by atoms with Crippen molar-refractivity contribution in [3.8, 4) is 5.88 Å². The topological polar surface area (TPSA) is 60.2 Å². The third-order valence-corrected chi connectivity index (χ3v) is 5.89. The Labute approximate surface area is 177 Å². The van der Waals surface area contributed by atoms with E-state index in [9.17, 15) is 4.79 Å². The van der Waals surface area contributed by atoms with Gasteiger partial charge >= 0.3 is 0 Å². The van der Waals surface area contributed by atoms with E-state index in [4.69, 9.17) is 4.74 Å². The quantitative estimate of drug-likeness (QED) is 0.628. The molecule has 1 aliphatic heterocycles. The van der Waals surface area contributed by atoms with Gasteiger partial charge in [0.1, 0.15) is 5.82 Å². The highest BCUT2D eigenvalue weighted by Gasteiger charge is 2.25. The molecule has 0 N–H and O–H groups in total. The molecular weight excluding hydrogens is 376 g/mol. The fourth-order valence-corrected chi connectivity index (χ4v) is 4.06. The average Bonchev–Trinajstić information content (AvgIpc) is 3.13. The van der Waals surface area contributed by atoms with Gasteiger partial charge in [-0.15, -0.1) is 0 Å². The molecule has 1 amide bonds. The van der Waals surface area contributed by atoms with E-state index in [0.29, 0.717) is 17.4 Å². The molecule has 30 heavy (non-hydrogen) atoms. The smallest absolute Gasteiger partial charge is 0.255 e. The number of likely N-dealkylation sites (tertiary alicyclic amines) is 1. The SMILES string of the molecule is COc1ccc(C(=O)N2CCC(Cc3ncc(C)n3Cc3ccccc3)CC2)cn1. The molecule has 0 atom stereocenters. The minimum Gasteiger partial charge on any atom is -0.481 e. The first kappa shape index (κ1) is 20.1. The summed E-state index contributed by atoms with van der Waals surface area (Å²) >= 11 is 0. The Morgan fingerprint density at radius 3 is 2.50 bits per heavy atom. The van der Waals surface area contributed by atoms with Crippen molar-refractivity contribution < 1.29 is 9.53 Å². The van der Waals surface area contributed by atoms with Crippen LogP contribution in [0.5, 0.6) is 5.88 Å². The molecule has 0 radical (unpaired) electrons. The van der Waals surface area contributed by atoms with Gasteiger partial charge in [0.05, 0.1) is 12.7 Å². The predicted octanol–water partition coefficient (Wildman–Crippen LogP) is 3.74. The van der Waals surface area contributed by atoms with Crippen molar-refractivity contribution in [2.75, 3.05) is 20.2 Å². The Bertz CT molecular complexity index is 974. The highest BCUT2D eigenvalue weighted by Crippen LogP contribution is 2.23. The lowest BCUT2D eigenvalue weighted by Crippen LogP contribution is -2.39. The maximum Gasteiger partial charge on any atom is 0.255 e. The average molecular weight is 405 g/mol. The predicted molar refractivity (Wildman–Crippen MR) is 116 cm³/mol. The third-order valence-electron chi connectivity index (χ3n) is 5.89. The van der Waals surface area contributed by atoms with E-state index >= 15 is 0 Å². The molecule has 0 unspecified atom stereocenters. The van der Waals surface area contributed by atoms with E-state index in [2.05, 4.69) is 45.7 Å². The normalized spacial score (nSPS) is 14.7. The van der Waals surface area contributed by atoms with Gasteiger partial charge in [0.15, 0.2) is 0 Å². The molecule has 1 aromatic carbocycles. The number of piperidine rings is 1. The Hall–Kier alpha value is -3.15. The number of methoxy groups -OCH3 is 1. The van der Waals surface area contributed by atoms with Gasteiger partial charge in [0.2, 0.25) is 5.88 Å². The summed E-state index contributed by atoms with van der Waals surface area (Å²) in [4.78, 5) is 23.5. The second-order valence-electron chi connectivity index (χ2n) is 7.92. The van der Waals surface area contributed by atoms with E-state index in [-0.39, 0.29) is 5.91 Å². The number of aromatic nitrogens is 3. The summed E-state index contributed by atoms with van der Waals surface area (Å²) in [5, 5.41) is 0. The Balaban J connectivity index is 1.35. The largest absolute Gasteiger partial charge is 0.481 e. The number of nitrogens with zero attached hydrogens (tertiary/aromatic N) is 4. The van der Waals surface area contributed by atoms with Crippen LogP contribution in [0.4, 0.5) is 0 Å². The number of pyridine rings is 1. The van der Waals surface area contributed by atoms with Gasteiger partial charge in [-0.3, -0.25) is 4.79 Å². The van der Waals surface area contributed by atoms with E-state index in [1.807, 2.05) is 17.2 Å². The Kier molecular flexibility index (Phi) is 6.12. The summed E-state index contributed by atoms with van der Waals surface area (Å²) in [6, 6.07) is 14.0. The molecule has 1 aliphatic rings. The van der Waals surface area contributed by atoms with Crippen molar-refractivity contribution >= 4 is 5.91 Å². The highest BCUT2D eigenvalue weighted by molar-refractivity contribution is 5.94. The summed E-state index contributed by atoms with van der Waals surface area (Å²) in [5.41, 5.74) is 3.09. The zero-order chi connectivity index (χ0) is 20.9. The van der Waals surface area contributed by atoms with Gasteiger partial charge < -0.3 is 14.2 Å². The molecular formula is C24H28N4O2. The standard InChI is InChI=1S/C24H28N4O2/c1-18-15-25-22(28(18)17-20-6-4-3-5-7-20)14-19-10-12-27(13-11-19)24(29)21-8-9-23(30-2)26-16-21/h3-9,15-16,19H,10-14,17H2,1-2H3. The Morgan fingerprint density at radius 2 is 1.83 bits per heavy atom. The number of rotatable bonds is 6. The summed E-state index contributed by atoms with van der Waals surface area (Å²) in [6.07, 6.45) is 6.50. The molecule has 156 valence electrons. The number of carbonyl (C=O) groups excluding carboxylic acids is 1. The lowest BCUT2D eigenvalue weighted by Gasteiger charge is -2.32. The van der Waals surface area contributed by atoms with E-state index in [0.717, 1.165) is 44.7 Å². The number of ether oxygens (including phenoxy) is 1. The van der Waals surface area contributed by atoms with Crippen LogP contribution in [-0.2, 0) is 13.0 Å². The third kappa shape index (κ3) is 4.53. The lowest BCUT2D eigenvalue weighted by atomic mass is 9.93. The minimum absolute atomic E-state index is 0.0463. The zero-order valence-electron chi connectivity index (χ0n) is 17.6. The van der Waals surface area contributed by atoms with Crippen LogP contribution in [0.15, 0.2) is 54.9 Å². The second-order valence-corrected chi connectivity index (χ2v) is 7.92. The van der Waals surface area contributed by atoms with Crippen LogP contribution in [0, 0.1) is 12.8 Å². The molecule has 3 aromatic rings. The summed E-state index contributed by atoms with van der Waals surface area (Å²) < 4.78 is 7.39. The van der Waals surface area contributed by atoms with E-state index < -0.39 is 0 Å². The molecule has 0 bridgehead atoms. The van der Waals surface area contributed by atoms with Crippen LogP contribution in [0.1, 0.15) is 40.3 Å². The molecule has 6 heteroatoms. The second kappa shape index (κ2) is 9.11. The molecule has 1 fully saturated rings. The zero-order valence-corrected chi connectivity index (χ0v) is 17.6. The van der Waals surface area contributed by atoms with Crippen molar-refractivity contribution in [2.45, 2.75) is 32.7 Å². The van der Waals surface area contributed by atoms with Gasteiger partial charge in [0, 0.05) is 50.2 Å². The molecule has 1 saturated heterocycles. The molecule has 6 nitrogen and oxygen atoms in total. The molecule has 3 heterocycles. The number of hydrogen-bond donors (Lipinski definition) is 0. The lowest BCUT2D eigenvalue weighted by molar-refractivity contribution is 0.0689. The van der Waals surface area contributed by atoms with Gasteiger partial charge in [0.25, 0.3) is 5.91 Å². The summed E-state index contributed by atoms with van der Waals surface area (Å²) in [5.74, 6) is 2.25. The maximum absolute atomic E-state index is 12.8. The first-order valence-corrected chi connectivity index (χ1v) is 10.5. The first-order chi connectivity index (χ1) is 14.6. The van der Waals surface area contributed by atoms with Crippen LogP contribution in [0.3, 0.4) is 0 Å². The minimum atomic E-state index is 0.0463. The molecule has 4 rings (SSSR count). The number of hydrogen-bond acceptors (Lipinski definition) is 4. The number of carbonyl (C=O) groups is 1. The maximum atomic E-state index is 12.8. The van der Waals surface area contributed by atoms with Crippen LogP contribution < -0.4 is 4.74 Å². The van der Waals surface area contributed by atoms with Crippen LogP contribution in [0.25, 0.3) is 0 Å². The molecule has 2 aromatic heterocycles. The molecule has 0 saturated carbocycles. The van der Waals surface area contributed by atoms with Gasteiger partial charge in [-0.2, -0.15) is 0 Å². The molecule has 0 spiro atoms. The number of imidazole rings is 1. The number of amides is 1. The van der Waals surface area contributed by atoms with E-state index in [1.165, 1.54) is 11.3 Å². The fraction of sp³-hybridized carbons (Fsp3) is 0.375. The van der Waals surface area contributed by atoms with Crippen molar-refractivity contribution in [2.24, 2.45) is 5.92 Å². The van der Waals surface area contributed by atoms with Crippen LogP contribution in [-0.4, -0.2) is 45.5 Å². The van der Waals surface area contributed by atoms with Crippen molar-refractivity contribution in [3.05, 3.63) is 77.5 Å².